The Labute approximate surface area is 105 Å². The molecule has 0 radical (unpaired) electrons. The molecule has 1 rings (SSSR count). The molecule has 2 nitrogen and oxygen atoms in total. The summed E-state index contributed by atoms with van der Waals surface area (Å²) in [5.74, 6) is 0. The van der Waals surface area contributed by atoms with Crippen LogP contribution >= 0.6 is 0 Å². The summed E-state index contributed by atoms with van der Waals surface area (Å²) >= 11 is 0. The first-order valence-corrected chi connectivity index (χ1v) is 6.49. The molecule has 0 aromatic heterocycles. The van der Waals surface area contributed by atoms with Crippen LogP contribution in [0.4, 0.5) is 0 Å². The van der Waals surface area contributed by atoms with Crippen molar-refractivity contribution in [1.29, 1.82) is 0 Å². The van der Waals surface area contributed by atoms with E-state index in [1.165, 1.54) is 16.7 Å². The summed E-state index contributed by atoms with van der Waals surface area (Å²) in [6.45, 7) is 8.07. The Kier molecular flexibility index (Phi) is 6.23. The quantitative estimate of drug-likeness (QED) is 0.734. The van der Waals surface area contributed by atoms with Crippen LogP contribution in [0.1, 0.15) is 30.0 Å². The Balaban J connectivity index is 2.60. The molecule has 0 aliphatic rings. The molecule has 0 spiro atoms. The highest BCUT2D eigenvalue weighted by atomic mass is 16.5. The Morgan fingerprint density at radius 1 is 1.24 bits per heavy atom. The Hall–Kier alpha value is -0.860. The van der Waals surface area contributed by atoms with Gasteiger partial charge in [0.25, 0.3) is 0 Å². The number of likely N-dealkylation sites (N-methyl/N-ethyl adjacent to an activating group) is 1. The number of aryl methyl sites for hydroxylation is 2. The van der Waals surface area contributed by atoms with Gasteiger partial charge < -0.3 is 10.1 Å². The van der Waals surface area contributed by atoms with E-state index in [1.54, 1.807) is 0 Å². The highest BCUT2D eigenvalue weighted by Crippen LogP contribution is 2.16. The zero-order valence-corrected chi connectivity index (χ0v) is 11.5. The summed E-state index contributed by atoms with van der Waals surface area (Å²) in [4.78, 5) is 0. The third kappa shape index (κ3) is 4.49. The van der Waals surface area contributed by atoms with E-state index in [1.807, 2.05) is 14.0 Å². The maximum absolute atomic E-state index is 5.42. The highest BCUT2D eigenvalue weighted by Gasteiger charge is 2.10. The van der Waals surface area contributed by atoms with Crippen molar-refractivity contribution in [2.45, 2.75) is 39.7 Å². The van der Waals surface area contributed by atoms with Crippen molar-refractivity contribution in [3.8, 4) is 0 Å². The molecule has 17 heavy (non-hydrogen) atoms. The van der Waals surface area contributed by atoms with E-state index in [-0.39, 0.29) is 0 Å². The molecule has 2 heteroatoms. The molecular formula is C15H25NO. The fraction of sp³-hybridized carbons (Fsp3) is 0.600. The normalized spacial score (nSPS) is 12.7. The number of benzene rings is 1. The number of hydrogen-bond donors (Lipinski definition) is 1. The van der Waals surface area contributed by atoms with Crippen molar-refractivity contribution in [1.82, 2.24) is 5.32 Å². The van der Waals surface area contributed by atoms with Crippen molar-refractivity contribution in [3.63, 3.8) is 0 Å². The predicted octanol–water partition coefficient (Wildman–Crippen LogP) is 2.86. The zero-order valence-electron chi connectivity index (χ0n) is 11.5. The summed E-state index contributed by atoms with van der Waals surface area (Å²) in [6.07, 6.45) is 2.15. The third-order valence-corrected chi connectivity index (χ3v) is 3.32. The average molecular weight is 235 g/mol. The molecule has 1 atom stereocenters. The smallest absolute Gasteiger partial charge is 0.0480 e. The van der Waals surface area contributed by atoms with Crippen LogP contribution in [0.3, 0.4) is 0 Å². The molecular weight excluding hydrogens is 210 g/mol. The van der Waals surface area contributed by atoms with Gasteiger partial charge in [-0.15, -0.1) is 0 Å². The minimum absolute atomic E-state index is 0.501. The molecule has 0 aliphatic carbocycles. The highest BCUT2D eigenvalue weighted by molar-refractivity contribution is 5.34. The lowest BCUT2D eigenvalue weighted by Crippen LogP contribution is -2.29. The molecule has 0 bridgehead atoms. The molecule has 96 valence electrons. The van der Waals surface area contributed by atoms with Gasteiger partial charge in [0.1, 0.15) is 0 Å². The third-order valence-electron chi connectivity index (χ3n) is 3.32. The van der Waals surface area contributed by atoms with Crippen LogP contribution in [-0.2, 0) is 11.2 Å². The van der Waals surface area contributed by atoms with Gasteiger partial charge >= 0.3 is 0 Å². The molecule has 0 fully saturated rings. The van der Waals surface area contributed by atoms with E-state index < -0.39 is 0 Å². The fourth-order valence-corrected chi connectivity index (χ4v) is 2.14. The second-order valence-electron chi connectivity index (χ2n) is 4.55. The first-order chi connectivity index (χ1) is 8.19. The van der Waals surface area contributed by atoms with Gasteiger partial charge in [-0.2, -0.15) is 0 Å². The van der Waals surface area contributed by atoms with E-state index in [9.17, 15) is 0 Å². The van der Waals surface area contributed by atoms with Crippen LogP contribution < -0.4 is 5.32 Å². The minimum Gasteiger partial charge on any atom is -0.382 e. The van der Waals surface area contributed by atoms with E-state index in [0.717, 1.165) is 26.1 Å². The van der Waals surface area contributed by atoms with E-state index in [2.05, 4.69) is 37.4 Å². The van der Waals surface area contributed by atoms with Crippen LogP contribution in [0, 0.1) is 13.8 Å². The summed E-state index contributed by atoms with van der Waals surface area (Å²) in [6, 6.07) is 7.01. The predicted molar refractivity (Wildman–Crippen MR) is 73.6 cm³/mol. The maximum atomic E-state index is 5.42. The molecule has 1 unspecified atom stereocenters. The van der Waals surface area contributed by atoms with Crippen LogP contribution in [-0.4, -0.2) is 26.3 Å². The summed E-state index contributed by atoms with van der Waals surface area (Å²) in [5.41, 5.74) is 4.26. The largest absolute Gasteiger partial charge is 0.382 e. The van der Waals surface area contributed by atoms with Crippen LogP contribution in [0.5, 0.6) is 0 Å². The monoisotopic (exact) mass is 235 g/mol. The summed E-state index contributed by atoms with van der Waals surface area (Å²) in [5, 5.41) is 3.38. The Morgan fingerprint density at radius 3 is 2.41 bits per heavy atom. The first kappa shape index (κ1) is 14.2. The second kappa shape index (κ2) is 7.46. The Morgan fingerprint density at radius 2 is 1.88 bits per heavy atom. The van der Waals surface area contributed by atoms with Crippen molar-refractivity contribution < 1.29 is 4.74 Å². The van der Waals surface area contributed by atoms with E-state index in [4.69, 9.17) is 4.74 Å². The van der Waals surface area contributed by atoms with Gasteiger partial charge in [0.15, 0.2) is 0 Å². The van der Waals surface area contributed by atoms with Crippen molar-refractivity contribution >= 4 is 0 Å². The van der Waals surface area contributed by atoms with E-state index in [0.29, 0.717) is 6.04 Å². The zero-order chi connectivity index (χ0) is 12.7. The van der Waals surface area contributed by atoms with Gasteiger partial charge in [-0.05, 0) is 57.4 Å². The molecule has 0 saturated carbocycles. The number of nitrogens with one attached hydrogen (secondary N) is 1. The van der Waals surface area contributed by atoms with Gasteiger partial charge in [0.2, 0.25) is 0 Å². The van der Waals surface area contributed by atoms with Crippen molar-refractivity contribution in [2.24, 2.45) is 0 Å². The summed E-state index contributed by atoms with van der Waals surface area (Å²) in [7, 11) is 2.03. The molecule has 1 aromatic carbocycles. The topological polar surface area (TPSA) is 21.3 Å². The molecule has 0 amide bonds. The lowest BCUT2D eigenvalue weighted by Gasteiger charge is -2.19. The standard InChI is InChI=1S/C15H25NO/c1-5-17-10-9-14(16-4)11-15-12(2)7-6-8-13(15)3/h6-8,14,16H,5,9-11H2,1-4H3. The van der Waals surface area contributed by atoms with Crippen LogP contribution in [0.25, 0.3) is 0 Å². The van der Waals surface area contributed by atoms with Gasteiger partial charge in [-0.3, -0.25) is 0 Å². The van der Waals surface area contributed by atoms with Gasteiger partial charge in [0.05, 0.1) is 0 Å². The van der Waals surface area contributed by atoms with Gasteiger partial charge in [-0.1, -0.05) is 18.2 Å². The van der Waals surface area contributed by atoms with Crippen LogP contribution in [0.2, 0.25) is 0 Å². The fourth-order valence-electron chi connectivity index (χ4n) is 2.14. The summed E-state index contributed by atoms with van der Waals surface area (Å²) < 4.78 is 5.42. The second-order valence-corrected chi connectivity index (χ2v) is 4.55. The lowest BCUT2D eigenvalue weighted by molar-refractivity contribution is 0.137. The maximum Gasteiger partial charge on any atom is 0.0480 e. The minimum atomic E-state index is 0.501. The van der Waals surface area contributed by atoms with Crippen LogP contribution in [0.15, 0.2) is 18.2 Å². The Bertz CT molecular complexity index is 315. The SMILES string of the molecule is CCOCCC(Cc1c(C)cccc1C)NC. The number of rotatable bonds is 7. The van der Waals surface area contributed by atoms with Crippen molar-refractivity contribution in [3.05, 3.63) is 34.9 Å². The number of ether oxygens (including phenoxy) is 1. The molecule has 1 aromatic rings. The lowest BCUT2D eigenvalue weighted by atomic mass is 9.95. The van der Waals surface area contributed by atoms with Gasteiger partial charge in [0, 0.05) is 19.3 Å². The number of hydrogen-bond acceptors (Lipinski definition) is 2. The molecule has 1 N–H and O–H groups in total. The molecule has 0 aliphatic heterocycles. The molecule has 0 saturated heterocycles. The van der Waals surface area contributed by atoms with E-state index >= 15 is 0 Å². The average Bonchev–Trinajstić information content (AvgIpc) is 2.32. The first-order valence-electron chi connectivity index (χ1n) is 6.49. The van der Waals surface area contributed by atoms with Gasteiger partial charge in [-0.25, -0.2) is 0 Å². The van der Waals surface area contributed by atoms with Crippen molar-refractivity contribution in [2.75, 3.05) is 20.3 Å². The molecule has 0 heterocycles.